The first-order chi connectivity index (χ1) is 19.6. The fraction of sp³-hybridized carbons (Fsp3) is 0.103. The van der Waals surface area contributed by atoms with Gasteiger partial charge in [-0.15, -0.1) is 11.3 Å². The fourth-order valence-electron chi connectivity index (χ4n) is 4.39. The SMILES string of the molecule is CN(C(=O)c1ccncc1)c1ccc2c(c1)nc(NC(=O)c1ccc(-c3cn[nH]c3)s1)n2CCc1ccccn1. The molecule has 0 atom stereocenters. The van der Waals surface area contributed by atoms with Crippen LogP contribution < -0.4 is 10.2 Å². The minimum Gasteiger partial charge on any atom is -0.311 e. The third-order valence-electron chi connectivity index (χ3n) is 6.51. The van der Waals surface area contributed by atoms with Crippen LogP contribution in [0.2, 0.25) is 0 Å². The van der Waals surface area contributed by atoms with Crippen molar-refractivity contribution in [1.29, 1.82) is 0 Å². The predicted octanol–water partition coefficient (Wildman–Crippen LogP) is 5.05. The largest absolute Gasteiger partial charge is 0.311 e. The van der Waals surface area contributed by atoms with Crippen LogP contribution in [0.5, 0.6) is 0 Å². The van der Waals surface area contributed by atoms with Gasteiger partial charge in [0.25, 0.3) is 11.8 Å². The zero-order valence-electron chi connectivity index (χ0n) is 21.5. The summed E-state index contributed by atoms with van der Waals surface area (Å²) < 4.78 is 1.97. The minimum absolute atomic E-state index is 0.156. The van der Waals surface area contributed by atoms with Gasteiger partial charge in [0.1, 0.15) is 0 Å². The van der Waals surface area contributed by atoms with Gasteiger partial charge in [-0.25, -0.2) is 4.98 Å². The fourth-order valence-corrected chi connectivity index (χ4v) is 5.27. The lowest BCUT2D eigenvalue weighted by atomic mass is 10.2. The molecular formula is C29H24N8O2S. The second-order valence-electron chi connectivity index (χ2n) is 9.04. The Balaban J connectivity index is 1.31. The summed E-state index contributed by atoms with van der Waals surface area (Å²) in [6.07, 6.45) is 9.11. The Morgan fingerprint density at radius 1 is 1.05 bits per heavy atom. The van der Waals surface area contributed by atoms with E-state index >= 15 is 0 Å². The molecule has 2 amide bonds. The smallest absolute Gasteiger partial charge is 0.268 e. The third kappa shape index (κ3) is 5.09. The van der Waals surface area contributed by atoms with Gasteiger partial charge in [-0.1, -0.05) is 6.07 Å². The first kappa shape index (κ1) is 25.1. The number of aromatic nitrogens is 6. The van der Waals surface area contributed by atoms with E-state index in [-0.39, 0.29) is 11.8 Å². The summed E-state index contributed by atoms with van der Waals surface area (Å²) in [4.78, 5) is 42.5. The van der Waals surface area contributed by atoms with E-state index in [9.17, 15) is 9.59 Å². The van der Waals surface area contributed by atoms with Crippen molar-refractivity contribution in [2.75, 3.05) is 17.3 Å². The Bertz CT molecular complexity index is 1780. The second-order valence-corrected chi connectivity index (χ2v) is 10.1. The van der Waals surface area contributed by atoms with E-state index in [2.05, 4.69) is 25.5 Å². The summed E-state index contributed by atoms with van der Waals surface area (Å²) >= 11 is 1.38. The predicted molar refractivity (Wildman–Crippen MR) is 154 cm³/mol. The van der Waals surface area contributed by atoms with Crippen molar-refractivity contribution in [3.63, 3.8) is 0 Å². The van der Waals surface area contributed by atoms with Crippen molar-refractivity contribution in [2.24, 2.45) is 0 Å². The molecule has 40 heavy (non-hydrogen) atoms. The highest BCUT2D eigenvalue weighted by molar-refractivity contribution is 7.17. The van der Waals surface area contributed by atoms with E-state index in [1.165, 1.54) is 11.3 Å². The highest BCUT2D eigenvalue weighted by Gasteiger charge is 2.19. The number of anilines is 2. The maximum Gasteiger partial charge on any atom is 0.268 e. The molecule has 10 nitrogen and oxygen atoms in total. The molecule has 0 saturated heterocycles. The van der Waals surface area contributed by atoms with Crippen molar-refractivity contribution in [3.8, 4) is 10.4 Å². The number of imidazole rings is 1. The average molecular weight is 549 g/mol. The summed E-state index contributed by atoms with van der Waals surface area (Å²) in [7, 11) is 1.72. The molecule has 0 spiro atoms. The zero-order valence-corrected chi connectivity index (χ0v) is 22.3. The van der Waals surface area contributed by atoms with Gasteiger partial charge in [0.05, 0.1) is 22.1 Å². The number of fused-ring (bicyclic) bond motifs is 1. The standard InChI is InChI=1S/C29H24N8O2S/c1-36(28(39)19-9-13-30-14-10-19)22-5-6-24-23(16-22)34-29(37(24)15-11-21-4-2-3-12-31-21)35-27(38)26-8-7-25(40-26)20-17-32-33-18-20/h2-10,12-14,16-18H,11,15H2,1H3,(H,32,33)(H,34,35,38). The molecule has 1 aromatic carbocycles. The van der Waals surface area contributed by atoms with Crippen molar-refractivity contribution >= 4 is 45.8 Å². The van der Waals surface area contributed by atoms with Gasteiger partial charge >= 0.3 is 0 Å². The number of thiophene rings is 1. The van der Waals surface area contributed by atoms with Crippen LogP contribution in [0.4, 0.5) is 11.6 Å². The number of hydrogen-bond acceptors (Lipinski definition) is 7. The van der Waals surface area contributed by atoms with Crippen LogP contribution in [0.1, 0.15) is 25.7 Å². The number of H-pyrrole nitrogens is 1. The molecule has 0 aliphatic heterocycles. The Kier molecular flexibility index (Phi) is 6.86. The third-order valence-corrected chi connectivity index (χ3v) is 7.64. The van der Waals surface area contributed by atoms with E-state index in [4.69, 9.17) is 4.98 Å². The van der Waals surface area contributed by atoms with E-state index in [1.54, 1.807) is 61.1 Å². The monoisotopic (exact) mass is 548 g/mol. The molecule has 11 heteroatoms. The molecular weight excluding hydrogens is 524 g/mol. The Labute approximate surface area is 233 Å². The first-order valence-electron chi connectivity index (χ1n) is 12.6. The molecule has 0 fully saturated rings. The van der Waals surface area contributed by atoms with Crippen molar-refractivity contribution < 1.29 is 9.59 Å². The highest BCUT2D eigenvalue weighted by atomic mass is 32.1. The molecule has 198 valence electrons. The lowest BCUT2D eigenvalue weighted by Gasteiger charge is -2.17. The number of aryl methyl sites for hydroxylation is 2. The minimum atomic E-state index is -0.251. The van der Waals surface area contributed by atoms with Gasteiger partial charge in [0.2, 0.25) is 5.95 Å². The first-order valence-corrected chi connectivity index (χ1v) is 13.4. The summed E-state index contributed by atoms with van der Waals surface area (Å²) in [5.74, 6) is 0.0183. The molecule has 6 aromatic rings. The van der Waals surface area contributed by atoms with Crippen molar-refractivity contribution in [3.05, 3.63) is 108 Å². The lowest BCUT2D eigenvalue weighted by molar-refractivity contribution is 0.0991. The molecule has 6 rings (SSSR count). The number of aromatic amines is 1. The number of nitrogens with one attached hydrogen (secondary N) is 2. The summed E-state index contributed by atoms with van der Waals surface area (Å²) in [5, 5.41) is 9.78. The topological polar surface area (TPSA) is 122 Å². The lowest BCUT2D eigenvalue weighted by Crippen LogP contribution is -2.26. The van der Waals surface area contributed by atoms with Crippen LogP contribution in [0.15, 0.2) is 91.6 Å². The number of amides is 2. The Hall–Kier alpha value is -5.16. The Morgan fingerprint density at radius 2 is 1.93 bits per heavy atom. The second kappa shape index (κ2) is 10.9. The molecule has 0 unspecified atom stereocenters. The number of rotatable bonds is 8. The van der Waals surface area contributed by atoms with Gasteiger partial charge < -0.3 is 9.47 Å². The number of hydrogen-bond donors (Lipinski definition) is 2. The molecule has 0 saturated carbocycles. The average Bonchev–Trinajstić information content (AvgIpc) is 3.76. The number of pyridine rings is 2. The molecule has 0 aliphatic carbocycles. The van der Waals surface area contributed by atoms with Gasteiger partial charge in [-0.2, -0.15) is 5.10 Å². The van der Waals surface area contributed by atoms with Gasteiger partial charge in [0.15, 0.2) is 0 Å². The molecule has 2 N–H and O–H groups in total. The highest BCUT2D eigenvalue weighted by Crippen LogP contribution is 2.29. The molecule has 0 aliphatic rings. The summed E-state index contributed by atoms with van der Waals surface area (Å²) in [6, 6.07) is 18.5. The van der Waals surface area contributed by atoms with E-state index < -0.39 is 0 Å². The Morgan fingerprint density at radius 3 is 2.70 bits per heavy atom. The quantitative estimate of drug-likeness (QED) is 0.275. The van der Waals surface area contributed by atoms with Crippen LogP contribution in [-0.2, 0) is 13.0 Å². The maximum absolute atomic E-state index is 13.3. The number of carbonyl (C=O) groups is 2. The number of benzene rings is 1. The van der Waals surface area contributed by atoms with Crippen molar-refractivity contribution in [1.82, 2.24) is 29.7 Å². The maximum atomic E-state index is 13.3. The van der Waals surface area contributed by atoms with E-state index in [1.807, 2.05) is 47.0 Å². The summed E-state index contributed by atoms with van der Waals surface area (Å²) in [6.45, 7) is 0.555. The van der Waals surface area contributed by atoms with Crippen LogP contribution >= 0.6 is 11.3 Å². The van der Waals surface area contributed by atoms with Gasteiger partial charge in [0, 0.05) is 72.2 Å². The normalized spacial score (nSPS) is 11.0. The molecule has 0 bridgehead atoms. The molecule has 5 heterocycles. The van der Waals surface area contributed by atoms with Gasteiger partial charge in [-0.05, 0) is 54.6 Å². The number of carbonyl (C=O) groups excluding carboxylic acids is 2. The van der Waals surface area contributed by atoms with E-state index in [0.717, 1.165) is 21.7 Å². The summed E-state index contributed by atoms with van der Waals surface area (Å²) in [5.41, 5.74) is 4.58. The van der Waals surface area contributed by atoms with Crippen LogP contribution in [0, 0.1) is 0 Å². The zero-order chi connectivity index (χ0) is 27.5. The number of nitrogens with zero attached hydrogens (tertiary/aromatic N) is 6. The van der Waals surface area contributed by atoms with Crippen LogP contribution in [0.3, 0.4) is 0 Å². The van der Waals surface area contributed by atoms with Gasteiger partial charge in [-0.3, -0.25) is 30.0 Å². The molecule has 0 radical (unpaired) electrons. The van der Waals surface area contributed by atoms with E-state index in [0.29, 0.717) is 40.6 Å². The van der Waals surface area contributed by atoms with Crippen molar-refractivity contribution in [2.45, 2.75) is 13.0 Å². The van der Waals surface area contributed by atoms with Crippen LogP contribution in [0.25, 0.3) is 21.5 Å². The van der Waals surface area contributed by atoms with Crippen LogP contribution in [-0.4, -0.2) is 48.6 Å². The molecule has 5 aromatic heterocycles.